The maximum absolute atomic E-state index is 4.41. The lowest BCUT2D eigenvalue weighted by atomic mass is 9.99. The number of hydrogen-bond donors (Lipinski definition) is 1. The molecule has 2 rings (SSSR count). The highest BCUT2D eigenvalue weighted by Crippen LogP contribution is 2.26. The number of hydrogen-bond acceptors (Lipinski definition) is 2. The van der Waals surface area contributed by atoms with Crippen molar-refractivity contribution in [2.45, 2.75) is 40.3 Å². The minimum absolute atomic E-state index is 0.514. The molecule has 1 heterocycles. The Bertz CT molecular complexity index is 567. The number of aromatic nitrogens is 2. The van der Waals surface area contributed by atoms with Gasteiger partial charge >= 0.3 is 0 Å². The maximum atomic E-state index is 4.41. The summed E-state index contributed by atoms with van der Waals surface area (Å²) in [6.07, 6.45) is 2.09. The first-order chi connectivity index (χ1) is 8.97. The van der Waals surface area contributed by atoms with Gasteiger partial charge in [-0.15, -0.1) is 0 Å². The van der Waals surface area contributed by atoms with Gasteiger partial charge in [0.15, 0.2) is 0 Å². The first kappa shape index (κ1) is 13.8. The third-order valence-corrected chi connectivity index (χ3v) is 3.31. The molecular weight excluding hydrogens is 234 g/mol. The molecule has 1 aromatic heterocycles. The second kappa shape index (κ2) is 5.57. The van der Waals surface area contributed by atoms with Crippen LogP contribution in [0.15, 0.2) is 24.4 Å². The molecule has 0 atom stereocenters. The van der Waals surface area contributed by atoms with E-state index in [1.54, 1.807) is 0 Å². The summed E-state index contributed by atoms with van der Waals surface area (Å²) in [4.78, 5) is 0. The number of nitrogens with one attached hydrogen (secondary N) is 1. The van der Waals surface area contributed by atoms with E-state index in [2.05, 4.69) is 62.5 Å². The predicted octanol–water partition coefficient (Wildman–Crippen LogP) is 3.20. The van der Waals surface area contributed by atoms with Crippen LogP contribution >= 0.6 is 0 Å². The normalized spacial score (nSPS) is 11.3. The standard InChI is InChI=1S/C16H23N3/c1-11(2)17-9-14-6-7-15(12(3)8-14)16-10-19(5)18-13(16)4/h6-8,10-11,17H,9H2,1-5H3. The molecule has 0 aliphatic rings. The molecule has 3 heteroatoms. The molecule has 0 bridgehead atoms. The van der Waals surface area contributed by atoms with Gasteiger partial charge in [-0.05, 0) is 30.5 Å². The molecule has 1 N–H and O–H groups in total. The van der Waals surface area contributed by atoms with Crippen molar-refractivity contribution >= 4 is 0 Å². The van der Waals surface area contributed by atoms with Crippen molar-refractivity contribution in [3.8, 4) is 11.1 Å². The first-order valence-electron chi connectivity index (χ1n) is 6.81. The zero-order chi connectivity index (χ0) is 14.0. The van der Waals surface area contributed by atoms with E-state index in [0.29, 0.717) is 6.04 Å². The quantitative estimate of drug-likeness (QED) is 0.911. The molecule has 2 aromatic rings. The number of rotatable bonds is 4. The molecule has 0 spiro atoms. The van der Waals surface area contributed by atoms with E-state index in [1.165, 1.54) is 22.3 Å². The monoisotopic (exact) mass is 257 g/mol. The van der Waals surface area contributed by atoms with Gasteiger partial charge in [0, 0.05) is 31.4 Å². The first-order valence-corrected chi connectivity index (χ1v) is 6.81. The molecule has 1 aromatic carbocycles. The van der Waals surface area contributed by atoms with Crippen LogP contribution in [0.3, 0.4) is 0 Å². The highest BCUT2D eigenvalue weighted by molar-refractivity contribution is 5.69. The summed E-state index contributed by atoms with van der Waals surface area (Å²) in [7, 11) is 1.97. The minimum Gasteiger partial charge on any atom is -0.310 e. The molecule has 0 aliphatic heterocycles. The molecule has 3 nitrogen and oxygen atoms in total. The Balaban J connectivity index is 2.27. The lowest BCUT2D eigenvalue weighted by Crippen LogP contribution is -2.21. The fourth-order valence-corrected chi connectivity index (χ4v) is 2.32. The van der Waals surface area contributed by atoms with Crippen molar-refractivity contribution in [3.63, 3.8) is 0 Å². The van der Waals surface area contributed by atoms with Gasteiger partial charge in [-0.3, -0.25) is 4.68 Å². The van der Waals surface area contributed by atoms with E-state index in [0.717, 1.165) is 12.2 Å². The summed E-state index contributed by atoms with van der Waals surface area (Å²) in [6.45, 7) is 9.48. The maximum Gasteiger partial charge on any atom is 0.0672 e. The average molecular weight is 257 g/mol. The highest BCUT2D eigenvalue weighted by atomic mass is 15.2. The molecule has 102 valence electrons. The number of benzene rings is 1. The van der Waals surface area contributed by atoms with Crippen molar-refractivity contribution in [1.29, 1.82) is 0 Å². The van der Waals surface area contributed by atoms with E-state index in [9.17, 15) is 0 Å². The number of aryl methyl sites for hydroxylation is 3. The lowest BCUT2D eigenvalue weighted by Gasteiger charge is -2.11. The molecule has 0 saturated carbocycles. The molecule has 0 saturated heterocycles. The summed E-state index contributed by atoms with van der Waals surface area (Å²) in [5.74, 6) is 0. The summed E-state index contributed by atoms with van der Waals surface area (Å²) in [5.41, 5.74) is 6.22. The van der Waals surface area contributed by atoms with E-state index >= 15 is 0 Å². The second-order valence-corrected chi connectivity index (χ2v) is 5.49. The second-order valence-electron chi connectivity index (χ2n) is 5.49. The van der Waals surface area contributed by atoms with Gasteiger partial charge in [0.1, 0.15) is 0 Å². The Kier molecular flexibility index (Phi) is 4.05. The van der Waals surface area contributed by atoms with Gasteiger partial charge in [-0.25, -0.2) is 0 Å². The molecule has 0 amide bonds. The van der Waals surface area contributed by atoms with Gasteiger partial charge in [0.25, 0.3) is 0 Å². The van der Waals surface area contributed by atoms with Gasteiger partial charge in [0.05, 0.1) is 5.69 Å². The summed E-state index contributed by atoms with van der Waals surface area (Å²) >= 11 is 0. The van der Waals surface area contributed by atoms with Crippen molar-refractivity contribution in [2.75, 3.05) is 0 Å². The Hall–Kier alpha value is -1.61. The van der Waals surface area contributed by atoms with E-state index in [-0.39, 0.29) is 0 Å². The Morgan fingerprint density at radius 2 is 1.95 bits per heavy atom. The Labute approximate surface area is 115 Å². The van der Waals surface area contributed by atoms with Crippen molar-refractivity contribution in [2.24, 2.45) is 7.05 Å². The number of nitrogens with zero attached hydrogens (tertiary/aromatic N) is 2. The van der Waals surface area contributed by atoms with Crippen molar-refractivity contribution < 1.29 is 0 Å². The molecule has 19 heavy (non-hydrogen) atoms. The van der Waals surface area contributed by atoms with Crippen LogP contribution in [0.1, 0.15) is 30.7 Å². The van der Waals surface area contributed by atoms with Crippen LogP contribution in [0.25, 0.3) is 11.1 Å². The average Bonchev–Trinajstić information content (AvgIpc) is 2.66. The molecule has 0 radical (unpaired) electrons. The molecule has 0 fully saturated rings. The molecule has 0 unspecified atom stereocenters. The van der Waals surface area contributed by atoms with E-state index in [1.807, 2.05) is 11.7 Å². The summed E-state index contributed by atoms with van der Waals surface area (Å²) < 4.78 is 1.87. The Morgan fingerprint density at radius 1 is 1.21 bits per heavy atom. The van der Waals surface area contributed by atoms with Crippen LogP contribution in [-0.2, 0) is 13.6 Å². The van der Waals surface area contributed by atoms with Crippen LogP contribution in [0.4, 0.5) is 0 Å². The Morgan fingerprint density at radius 3 is 2.47 bits per heavy atom. The van der Waals surface area contributed by atoms with Crippen molar-refractivity contribution in [3.05, 3.63) is 41.2 Å². The largest absolute Gasteiger partial charge is 0.310 e. The zero-order valence-corrected chi connectivity index (χ0v) is 12.5. The van der Waals surface area contributed by atoms with E-state index in [4.69, 9.17) is 0 Å². The fourth-order valence-electron chi connectivity index (χ4n) is 2.32. The van der Waals surface area contributed by atoms with Crippen LogP contribution < -0.4 is 5.32 Å². The van der Waals surface area contributed by atoms with Crippen LogP contribution in [-0.4, -0.2) is 15.8 Å². The third-order valence-electron chi connectivity index (χ3n) is 3.31. The van der Waals surface area contributed by atoms with Gasteiger partial charge in [0.2, 0.25) is 0 Å². The minimum atomic E-state index is 0.514. The summed E-state index contributed by atoms with van der Waals surface area (Å²) in [6, 6.07) is 7.18. The SMILES string of the molecule is Cc1cc(CNC(C)C)ccc1-c1cn(C)nc1C. The topological polar surface area (TPSA) is 29.9 Å². The lowest BCUT2D eigenvalue weighted by molar-refractivity contribution is 0.589. The van der Waals surface area contributed by atoms with Gasteiger partial charge in [-0.1, -0.05) is 32.0 Å². The fraction of sp³-hybridized carbons (Fsp3) is 0.438. The van der Waals surface area contributed by atoms with Gasteiger partial charge < -0.3 is 5.32 Å². The zero-order valence-electron chi connectivity index (χ0n) is 12.5. The third kappa shape index (κ3) is 3.24. The van der Waals surface area contributed by atoms with Crippen LogP contribution in [0, 0.1) is 13.8 Å². The molecular formula is C16H23N3. The highest BCUT2D eigenvalue weighted by Gasteiger charge is 2.09. The smallest absolute Gasteiger partial charge is 0.0672 e. The van der Waals surface area contributed by atoms with Crippen molar-refractivity contribution in [1.82, 2.24) is 15.1 Å². The van der Waals surface area contributed by atoms with Crippen LogP contribution in [0.5, 0.6) is 0 Å². The van der Waals surface area contributed by atoms with Gasteiger partial charge in [-0.2, -0.15) is 5.10 Å². The van der Waals surface area contributed by atoms with Crippen LogP contribution in [0.2, 0.25) is 0 Å². The predicted molar refractivity (Wildman–Crippen MR) is 80.1 cm³/mol. The summed E-state index contributed by atoms with van der Waals surface area (Å²) in [5, 5.41) is 7.86. The molecule has 0 aliphatic carbocycles. The van der Waals surface area contributed by atoms with E-state index < -0.39 is 0 Å².